The molecule has 0 fully saturated rings. The van der Waals surface area contributed by atoms with Crippen LogP contribution in [0.25, 0.3) is 0 Å². The van der Waals surface area contributed by atoms with Gasteiger partial charge in [-0.05, 0) is 25.5 Å². The molecule has 124 valence electrons. The maximum atomic E-state index is 12.8. The van der Waals surface area contributed by atoms with Crippen molar-refractivity contribution in [2.24, 2.45) is 0 Å². The molecule has 0 aliphatic carbocycles. The summed E-state index contributed by atoms with van der Waals surface area (Å²) in [7, 11) is 0. The highest BCUT2D eigenvalue weighted by atomic mass is 35.5. The van der Waals surface area contributed by atoms with Gasteiger partial charge in [0.25, 0.3) is 5.91 Å². The van der Waals surface area contributed by atoms with Crippen LogP contribution in [0.4, 0.5) is 19.0 Å². The van der Waals surface area contributed by atoms with Crippen molar-refractivity contribution in [3.05, 3.63) is 46.7 Å². The van der Waals surface area contributed by atoms with Crippen molar-refractivity contribution in [1.29, 1.82) is 0 Å². The molecule has 0 atom stereocenters. The number of amides is 1. The van der Waals surface area contributed by atoms with Crippen LogP contribution < -0.4 is 5.32 Å². The maximum absolute atomic E-state index is 12.8. The van der Waals surface area contributed by atoms with E-state index < -0.39 is 22.7 Å². The summed E-state index contributed by atoms with van der Waals surface area (Å²) in [6.45, 7) is 6.41. The van der Waals surface area contributed by atoms with E-state index in [0.717, 1.165) is 6.20 Å². The lowest BCUT2D eigenvalue weighted by Gasteiger charge is -2.12. The quantitative estimate of drug-likeness (QED) is 0.814. The number of halogens is 4. The van der Waals surface area contributed by atoms with Crippen LogP contribution in [0, 0.1) is 0 Å². The number of anilines is 1. The molecule has 1 aromatic heterocycles. The number of rotatable bonds is 5. The van der Waals surface area contributed by atoms with Crippen LogP contribution in [0.15, 0.2) is 36.1 Å². The fourth-order valence-electron chi connectivity index (χ4n) is 1.59. The first kappa shape index (κ1) is 18.9. The van der Waals surface area contributed by atoms with E-state index in [1.165, 1.54) is 13.0 Å². The minimum Gasteiger partial charge on any atom is -0.307 e. The molecule has 0 radical (unpaired) electrons. The van der Waals surface area contributed by atoms with Crippen LogP contribution >= 0.6 is 11.6 Å². The number of carbonyl (C=O) groups is 2. The van der Waals surface area contributed by atoms with Crippen LogP contribution in [0.3, 0.4) is 0 Å². The minimum atomic E-state index is -4.66. The number of alkyl halides is 3. The van der Waals surface area contributed by atoms with Gasteiger partial charge in [-0.3, -0.25) is 9.59 Å². The molecule has 1 amide bonds. The lowest BCUT2D eigenvalue weighted by atomic mass is 10.0. The molecule has 4 nitrogen and oxygen atoms in total. The predicted octanol–water partition coefficient (Wildman–Crippen LogP) is 4.17. The maximum Gasteiger partial charge on any atom is 0.418 e. The summed E-state index contributed by atoms with van der Waals surface area (Å²) in [5, 5.41) is 1.68. The number of Topliss-reactive ketones (excluding diaryl/α,β-unsaturated/α-hetero) is 1. The predicted molar refractivity (Wildman–Crippen MR) is 81.1 cm³/mol. The Bertz CT molecular complexity index is 682. The molecule has 0 aromatic carbocycles. The molecule has 0 saturated carbocycles. The number of nitrogens with one attached hydrogen (secondary N) is 1. The molecule has 1 aromatic rings. The highest BCUT2D eigenvalue weighted by Crippen LogP contribution is 2.35. The summed E-state index contributed by atoms with van der Waals surface area (Å²) in [4.78, 5) is 26.9. The SMILES string of the molecule is C=C(C/C(=C\C)C(=O)Nc1cc(C(F)(F)F)c(Cl)cn1)C(C)=O. The molecule has 0 bridgehead atoms. The van der Waals surface area contributed by atoms with E-state index in [0.29, 0.717) is 6.07 Å². The molecule has 0 aliphatic rings. The van der Waals surface area contributed by atoms with Crippen molar-refractivity contribution in [3.63, 3.8) is 0 Å². The van der Waals surface area contributed by atoms with Crippen LogP contribution in [0.1, 0.15) is 25.8 Å². The molecule has 0 saturated heterocycles. The van der Waals surface area contributed by atoms with E-state index in [2.05, 4.69) is 16.9 Å². The monoisotopic (exact) mass is 346 g/mol. The van der Waals surface area contributed by atoms with Gasteiger partial charge in [0.2, 0.25) is 0 Å². The van der Waals surface area contributed by atoms with Crippen LogP contribution in [-0.4, -0.2) is 16.7 Å². The summed E-state index contributed by atoms with van der Waals surface area (Å²) < 4.78 is 38.3. The number of ketones is 1. The lowest BCUT2D eigenvalue weighted by molar-refractivity contribution is -0.137. The Kier molecular flexibility index (Phi) is 6.09. The second-order valence-corrected chi connectivity index (χ2v) is 5.06. The first-order chi connectivity index (χ1) is 10.6. The second kappa shape index (κ2) is 7.41. The van der Waals surface area contributed by atoms with Gasteiger partial charge < -0.3 is 5.32 Å². The molecule has 0 unspecified atom stereocenters. The van der Waals surface area contributed by atoms with Crippen LogP contribution in [0.5, 0.6) is 0 Å². The zero-order valence-electron chi connectivity index (χ0n) is 12.4. The Hall–Kier alpha value is -2.15. The Morgan fingerprint density at radius 3 is 2.52 bits per heavy atom. The van der Waals surface area contributed by atoms with Crippen molar-refractivity contribution in [3.8, 4) is 0 Å². The minimum absolute atomic E-state index is 0.00259. The fourth-order valence-corrected chi connectivity index (χ4v) is 1.80. The van der Waals surface area contributed by atoms with E-state index in [9.17, 15) is 22.8 Å². The van der Waals surface area contributed by atoms with Gasteiger partial charge in [-0.15, -0.1) is 0 Å². The molecular weight excluding hydrogens is 333 g/mol. The largest absolute Gasteiger partial charge is 0.418 e. The van der Waals surface area contributed by atoms with E-state index in [4.69, 9.17) is 11.6 Å². The number of allylic oxidation sites excluding steroid dienone is 2. The third-order valence-corrected chi connectivity index (χ3v) is 3.25. The molecule has 1 N–H and O–H groups in total. The summed E-state index contributed by atoms with van der Waals surface area (Å²) in [5.41, 5.74) is -0.691. The summed E-state index contributed by atoms with van der Waals surface area (Å²) in [6, 6.07) is 0.646. The van der Waals surface area contributed by atoms with E-state index in [1.807, 2.05) is 0 Å². The molecule has 0 spiro atoms. The molecule has 1 heterocycles. The average Bonchev–Trinajstić information content (AvgIpc) is 2.44. The van der Waals surface area contributed by atoms with Crippen molar-refractivity contribution < 1.29 is 22.8 Å². The van der Waals surface area contributed by atoms with Crippen molar-refractivity contribution in [1.82, 2.24) is 4.98 Å². The Labute approximate surface area is 136 Å². The van der Waals surface area contributed by atoms with Gasteiger partial charge in [0.15, 0.2) is 5.78 Å². The lowest BCUT2D eigenvalue weighted by Crippen LogP contribution is -2.17. The second-order valence-electron chi connectivity index (χ2n) is 4.65. The first-order valence-electron chi connectivity index (χ1n) is 6.44. The van der Waals surface area contributed by atoms with Crippen molar-refractivity contribution in [2.75, 3.05) is 5.32 Å². The zero-order chi connectivity index (χ0) is 17.8. The zero-order valence-corrected chi connectivity index (χ0v) is 13.2. The van der Waals surface area contributed by atoms with Gasteiger partial charge in [-0.1, -0.05) is 24.3 Å². The fraction of sp³-hybridized carbons (Fsp3) is 0.267. The van der Waals surface area contributed by atoms with Gasteiger partial charge >= 0.3 is 6.18 Å². The number of hydrogen-bond donors (Lipinski definition) is 1. The Balaban J connectivity index is 2.97. The highest BCUT2D eigenvalue weighted by molar-refractivity contribution is 6.31. The normalized spacial score (nSPS) is 12.0. The molecular formula is C15H14ClF3N2O2. The summed E-state index contributed by atoms with van der Waals surface area (Å²) in [5.74, 6) is -1.24. The number of carbonyl (C=O) groups excluding carboxylic acids is 2. The summed E-state index contributed by atoms with van der Waals surface area (Å²) in [6.07, 6.45) is -2.41. The van der Waals surface area contributed by atoms with E-state index in [1.54, 1.807) is 6.92 Å². The van der Waals surface area contributed by atoms with Gasteiger partial charge in [0.1, 0.15) is 5.82 Å². The van der Waals surface area contributed by atoms with Gasteiger partial charge in [-0.25, -0.2) is 4.98 Å². The molecule has 8 heteroatoms. The van der Waals surface area contributed by atoms with Crippen molar-refractivity contribution >= 4 is 29.1 Å². The van der Waals surface area contributed by atoms with E-state index >= 15 is 0 Å². The standard InChI is InChI=1S/C15H14ClF3N2O2/c1-4-10(5-8(2)9(3)22)14(23)21-13-6-11(15(17,18)19)12(16)7-20-13/h4,6-7H,2,5H2,1,3H3,(H,20,21,23)/b10-4+. The number of nitrogens with zero attached hydrogens (tertiary/aromatic N) is 1. The smallest absolute Gasteiger partial charge is 0.307 e. The molecule has 0 aliphatic heterocycles. The third kappa shape index (κ3) is 5.21. The average molecular weight is 347 g/mol. The molecule has 1 rings (SSSR count). The van der Waals surface area contributed by atoms with Gasteiger partial charge in [0, 0.05) is 18.2 Å². The Morgan fingerprint density at radius 2 is 2.04 bits per heavy atom. The van der Waals surface area contributed by atoms with Gasteiger partial charge in [0.05, 0.1) is 10.6 Å². The topological polar surface area (TPSA) is 59.1 Å². The number of pyridine rings is 1. The van der Waals surface area contributed by atoms with Crippen LogP contribution in [0.2, 0.25) is 5.02 Å². The first-order valence-corrected chi connectivity index (χ1v) is 6.82. The van der Waals surface area contributed by atoms with Gasteiger partial charge in [-0.2, -0.15) is 13.2 Å². The summed E-state index contributed by atoms with van der Waals surface area (Å²) >= 11 is 5.46. The van der Waals surface area contributed by atoms with Crippen LogP contribution in [-0.2, 0) is 15.8 Å². The molecule has 23 heavy (non-hydrogen) atoms. The van der Waals surface area contributed by atoms with Crippen molar-refractivity contribution in [2.45, 2.75) is 26.4 Å². The highest BCUT2D eigenvalue weighted by Gasteiger charge is 2.34. The third-order valence-electron chi connectivity index (χ3n) is 2.94. The number of aromatic nitrogens is 1. The number of hydrogen-bond acceptors (Lipinski definition) is 3. The van der Waals surface area contributed by atoms with E-state index in [-0.39, 0.29) is 29.2 Å². The Morgan fingerprint density at radius 1 is 1.43 bits per heavy atom.